The van der Waals surface area contributed by atoms with Crippen LogP contribution < -0.4 is 4.89 Å². The summed E-state index contributed by atoms with van der Waals surface area (Å²) < 4.78 is 28.5. The SMILES string of the molecule is O=S(=O)(CC1CCCO1)NOC1CCCC1. The number of sulfonamides is 1. The molecule has 1 unspecified atom stereocenters. The van der Waals surface area contributed by atoms with Gasteiger partial charge in [-0.1, -0.05) is 17.7 Å². The fourth-order valence-electron chi connectivity index (χ4n) is 2.20. The molecule has 1 saturated carbocycles. The second kappa shape index (κ2) is 5.44. The minimum absolute atomic E-state index is 0.0136. The lowest BCUT2D eigenvalue weighted by molar-refractivity contribution is 0.0214. The molecule has 2 aliphatic rings. The summed E-state index contributed by atoms with van der Waals surface area (Å²) in [7, 11) is -3.35. The molecule has 16 heavy (non-hydrogen) atoms. The third-order valence-corrected chi connectivity index (χ3v) is 4.23. The molecule has 0 aromatic heterocycles. The molecule has 6 heteroatoms. The third-order valence-electron chi connectivity index (χ3n) is 3.07. The Bertz CT molecular complexity index is 305. The first-order valence-corrected chi connectivity index (χ1v) is 7.58. The molecule has 2 rings (SSSR count). The van der Waals surface area contributed by atoms with E-state index in [1.807, 2.05) is 0 Å². The molecule has 0 bridgehead atoms. The molecular weight excluding hydrogens is 230 g/mol. The van der Waals surface area contributed by atoms with Crippen molar-refractivity contribution in [3.8, 4) is 0 Å². The van der Waals surface area contributed by atoms with Crippen LogP contribution in [-0.2, 0) is 19.6 Å². The van der Waals surface area contributed by atoms with E-state index in [0.717, 1.165) is 38.5 Å². The lowest BCUT2D eigenvalue weighted by Gasteiger charge is -2.14. The highest BCUT2D eigenvalue weighted by atomic mass is 32.2. The van der Waals surface area contributed by atoms with Crippen LogP contribution in [0.1, 0.15) is 38.5 Å². The fourth-order valence-corrected chi connectivity index (χ4v) is 3.31. The zero-order valence-corrected chi connectivity index (χ0v) is 10.2. The van der Waals surface area contributed by atoms with E-state index in [-0.39, 0.29) is 18.0 Å². The van der Waals surface area contributed by atoms with Gasteiger partial charge in [0, 0.05) is 6.61 Å². The standard InChI is InChI=1S/C10H19NO4S/c12-16(13,8-10-6-3-7-14-10)11-15-9-4-1-2-5-9/h9-11H,1-8H2. The van der Waals surface area contributed by atoms with Gasteiger partial charge in [-0.05, 0) is 25.7 Å². The van der Waals surface area contributed by atoms with Gasteiger partial charge < -0.3 is 4.74 Å². The van der Waals surface area contributed by atoms with Crippen LogP contribution in [0.3, 0.4) is 0 Å². The molecule has 0 spiro atoms. The Morgan fingerprint density at radius 2 is 1.94 bits per heavy atom. The summed E-state index contributed by atoms with van der Waals surface area (Å²) in [6.07, 6.45) is 5.80. The second-order valence-corrected chi connectivity index (χ2v) is 6.25. The molecule has 1 N–H and O–H groups in total. The Kier molecular flexibility index (Phi) is 4.18. The summed E-state index contributed by atoms with van der Waals surface area (Å²) in [5, 5.41) is 0. The van der Waals surface area contributed by atoms with Crippen molar-refractivity contribution >= 4 is 10.0 Å². The number of hydrogen-bond donors (Lipinski definition) is 1. The van der Waals surface area contributed by atoms with Gasteiger partial charge in [-0.25, -0.2) is 8.42 Å². The van der Waals surface area contributed by atoms with Gasteiger partial charge in [0.15, 0.2) is 0 Å². The van der Waals surface area contributed by atoms with Crippen molar-refractivity contribution < 1.29 is 18.0 Å². The number of rotatable bonds is 5. The van der Waals surface area contributed by atoms with Gasteiger partial charge in [-0.2, -0.15) is 0 Å². The Morgan fingerprint density at radius 3 is 2.56 bits per heavy atom. The van der Waals surface area contributed by atoms with Crippen molar-refractivity contribution in [2.24, 2.45) is 0 Å². The Hall–Kier alpha value is -0.170. The molecule has 0 aromatic carbocycles. The Morgan fingerprint density at radius 1 is 1.19 bits per heavy atom. The third kappa shape index (κ3) is 3.69. The van der Waals surface area contributed by atoms with E-state index >= 15 is 0 Å². The maximum Gasteiger partial charge on any atom is 0.236 e. The molecule has 94 valence electrons. The van der Waals surface area contributed by atoms with E-state index < -0.39 is 10.0 Å². The maximum atomic E-state index is 11.6. The van der Waals surface area contributed by atoms with Crippen molar-refractivity contribution in [3.63, 3.8) is 0 Å². The van der Waals surface area contributed by atoms with Gasteiger partial charge in [-0.15, -0.1) is 0 Å². The minimum Gasteiger partial charge on any atom is -0.377 e. The summed E-state index contributed by atoms with van der Waals surface area (Å²) in [5.41, 5.74) is 0. The molecule has 1 heterocycles. The molecule has 0 amide bonds. The van der Waals surface area contributed by atoms with Crippen molar-refractivity contribution in [2.45, 2.75) is 50.7 Å². The van der Waals surface area contributed by atoms with Crippen LogP contribution in [0.2, 0.25) is 0 Å². The minimum atomic E-state index is -3.35. The van der Waals surface area contributed by atoms with Gasteiger partial charge in [0.1, 0.15) is 0 Å². The first-order chi connectivity index (χ1) is 7.66. The average Bonchev–Trinajstić information content (AvgIpc) is 2.85. The van der Waals surface area contributed by atoms with Crippen molar-refractivity contribution in [3.05, 3.63) is 0 Å². The summed E-state index contributed by atoms with van der Waals surface area (Å²) in [5.74, 6) is 0.0136. The zero-order valence-electron chi connectivity index (χ0n) is 9.35. The molecule has 1 aliphatic heterocycles. The highest BCUT2D eigenvalue weighted by Crippen LogP contribution is 2.20. The zero-order chi connectivity index (χ0) is 11.4. The topological polar surface area (TPSA) is 64.6 Å². The quantitative estimate of drug-likeness (QED) is 0.737. The van der Waals surface area contributed by atoms with Crippen LogP contribution >= 0.6 is 0 Å². The van der Waals surface area contributed by atoms with Crippen LogP contribution in [0.25, 0.3) is 0 Å². The van der Waals surface area contributed by atoms with Crippen molar-refractivity contribution in [1.29, 1.82) is 0 Å². The Labute approximate surface area is 96.5 Å². The molecular formula is C10H19NO4S. The van der Waals surface area contributed by atoms with Gasteiger partial charge >= 0.3 is 0 Å². The first kappa shape index (κ1) is 12.3. The smallest absolute Gasteiger partial charge is 0.236 e. The van der Waals surface area contributed by atoms with E-state index in [1.165, 1.54) is 0 Å². The van der Waals surface area contributed by atoms with E-state index in [9.17, 15) is 8.42 Å². The van der Waals surface area contributed by atoms with Gasteiger partial charge in [0.25, 0.3) is 0 Å². The van der Waals surface area contributed by atoms with Crippen LogP contribution in [0, 0.1) is 0 Å². The monoisotopic (exact) mass is 249 g/mol. The van der Waals surface area contributed by atoms with E-state index in [0.29, 0.717) is 6.61 Å². The summed E-state index contributed by atoms with van der Waals surface area (Å²) in [6.45, 7) is 0.670. The van der Waals surface area contributed by atoms with Crippen LogP contribution in [-0.4, -0.2) is 33.0 Å². The molecule has 1 aliphatic carbocycles. The summed E-state index contributed by atoms with van der Waals surface area (Å²) in [4.78, 5) is 7.40. The number of nitrogens with one attached hydrogen (secondary N) is 1. The number of hydrogen-bond acceptors (Lipinski definition) is 4. The highest BCUT2D eigenvalue weighted by Gasteiger charge is 2.25. The highest BCUT2D eigenvalue weighted by molar-refractivity contribution is 7.89. The number of ether oxygens (including phenoxy) is 1. The summed E-state index contributed by atoms with van der Waals surface area (Å²) >= 11 is 0. The molecule has 5 nitrogen and oxygen atoms in total. The normalized spacial score (nSPS) is 27.6. The largest absolute Gasteiger partial charge is 0.377 e. The van der Waals surface area contributed by atoms with Crippen LogP contribution in [0.4, 0.5) is 0 Å². The fraction of sp³-hybridized carbons (Fsp3) is 1.00. The van der Waals surface area contributed by atoms with Gasteiger partial charge in [-0.3, -0.25) is 4.84 Å². The average molecular weight is 249 g/mol. The lowest BCUT2D eigenvalue weighted by atomic mass is 10.3. The molecule has 1 saturated heterocycles. The molecule has 0 aromatic rings. The second-order valence-electron chi connectivity index (χ2n) is 4.52. The maximum absolute atomic E-state index is 11.6. The van der Waals surface area contributed by atoms with Gasteiger partial charge in [0.05, 0.1) is 18.0 Å². The van der Waals surface area contributed by atoms with Crippen molar-refractivity contribution in [1.82, 2.24) is 4.89 Å². The summed E-state index contributed by atoms with van der Waals surface area (Å²) in [6, 6.07) is 0. The molecule has 1 atom stereocenters. The van der Waals surface area contributed by atoms with E-state index in [1.54, 1.807) is 0 Å². The predicted molar refractivity (Wildman–Crippen MR) is 59.2 cm³/mol. The first-order valence-electron chi connectivity index (χ1n) is 5.92. The van der Waals surface area contributed by atoms with Gasteiger partial charge in [0.2, 0.25) is 10.0 Å². The predicted octanol–water partition coefficient (Wildman–Crippen LogP) is 0.959. The van der Waals surface area contributed by atoms with E-state index in [2.05, 4.69) is 4.89 Å². The lowest BCUT2D eigenvalue weighted by Crippen LogP contribution is -2.34. The van der Waals surface area contributed by atoms with Crippen LogP contribution in [0.15, 0.2) is 0 Å². The Balaban J connectivity index is 1.73. The molecule has 2 fully saturated rings. The molecule has 0 radical (unpaired) electrons. The van der Waals surface area contributed by atoms with E-state index in [4.69, 9.17) is 9.57 Å². The van der Waals surface area contributed by atoms with Crippen molar-refractivity contribution in [2.75, 3.05) is 12.4 Å². The van der Waals surface area contributed by atoms with Crippen LogP contribution in [0.5, 0.6) is 0 Å².